The summed E-state index contributed by atoms with van der Waals surface area (Å²) >= 11 is 0. The smallest absolute Gasteiger partial charge is 0.194 e. The molecule has 0 aliphatic carbocycles. The molecule has 0 amide bonds. The van der Waals surface area contributed by atoms with E-state index < -0.39 is 25.9 Å². The van der Waals surface area contributed by atoms with Crippen LogP contribution >= 0.6 is 0 Å². The van der Waals surface area contributed by atoms with Crippen LogP contribution < -0.4 is 0 Å². The van der Waals surface area contributed by atoms with E-state index in [0.29, 0.717) is 0 Å². The summed E-state index contributed by atoms with van der Waals surface area (Å²) in [7, 11) is -3.88. The van der Waals surface area contributed by atoms with Gasteiger partial charge < -0.3 is 12.7 Å². The molecule has 6 heteroatoms. The minimum Gasteiger partial charge on any atom is -0.324 e. The highest BCUT2D eigenvalue weighted by molar-refractivity contribution is 7.00. The summed E-state index contributed by atoms with van der Waals surface area (Å²) in [5.74, 6) is 0. The normalized spacial score (nSPS) is 24.0. The van der Waals surface area contributed by atoms with Gasteiger partial charge in [-0.15, -0.1) is 0 Å². The Labute approximate surface area is 144 Å². The molecule has 1 saturated heterocycles. The van der Waals surface area contributed by atoms with E-state index in [0.717, 1.165) is 0 Å². The zero-order valence-electron chi connectivity index (χ0n) is 16.6. The summed E-state index contributed by atoms with van der Waals surface area (Å²) in [6.07, 6.45) is 0. The average molecular weight is 360 g/mol. The maximum atomic E-state index is 3.16. The van der Waals surface area contributed by atoms with Gasteiger partial charge in [-0.1, -0.05) is 55.4 Å². The summed E-state index contributed by atoms with van der Waals surface area (Å²) in [6.45, 7) is 23.6. The van der Waals surface area contributed by atoms with Crippen LogP contribution in [0.1, 0.15) is 55.4 Å². The van der Waals surface area contributed by atoms with Crippen LogP contribution in [-0.2, 0) is 0 Å². The molecule has 0 bridgehead atoms. The van der Waals surface area contributed by atoms with Crippen molar-refractivity contribution in [2.45, 2.75) is 85.6 Å². The van der Waals surface area contributed by atoms with Crippen molar-refractivity contribution in [3.05, 3.63) is 0 Å². The second-order valence-electron chi connectivity index (χ2n) is 6.58. The fourth-order valence-corrected chi connectivity index (χ4v) is 30.9. The van der Waals surface area contributed by atoms with E-state index in [1.54, 1.807) is 0 Å². The van der Waals surface area contributed by atoms with Gasteiger partial charge in [-0.3, -0.25) is 0 Å². The Kier molecular flexibility index (Phi) is 8.02. The monoisotopic (exact) mass is 359 g/mol. The Morgan fingerprint density at radius 3 is 1.14 bits per heavy atom. The third-order valence-electron chi connectivity index (χ3n) is 6.42. The predicted molar refractivity (Wildman–Crippen MR) is 108 cm³/mol. The van der Waals surface area contributed by atoms with Crippen molar-refractivity contribution in [2.75, 3.05) is 19.6 Å². The maximum Gasteiger partial charge on any atom is 0.194 e. The quantitative estimate of drug-likeness (QED) is 0.602. The zero-order chi connectivity index (χ0) is 17.0. The van der Waals surface area contributed by atoms with Crippen LogP contribution in [0.4, 0.5) is 0 Å². The van der Waals surface area contributed by atoms with Crippen LogP contribution in [0.25, 0.3) is 0 Å². The predicted octanol–water partition coefficient (Wildman–Crippen LogP) is 4.17. The van der Waals surface area contributed by atoms with Crippen molar-refractivity contribution in [1.82, 2.24) is 12.7 Å². The Bertz CT molecular complexity index is 305. The van der Waals surface area contributed by atoms with Crippen LogP contribution in [0.15, 0.2) is 0 Å². The minimum atomic E-state index is -1.46. The fourth-order valence-electron chi connectivity index (χ4n) is 5.54. The van der Waals surface area contributed by atoms with E-state index in [1.807, 2.05) is 0 Å². The first kappa shape index (κ1) is 20.6. The van der Waals surface area contributed by atoms with Gasteiger partial charge in [0, 0.05) is 0 Å². The summed E-state index contributed by atoms with van der Waals surface area (Å²) in [4.78, 5) is 0. The first-order chi connectivity index (χ1) is 10.5. The number of nitrogens with zero attached hydrogens (tertiary/aromatic N) is 3. The lowest BCUT2D eigenvalue weighted by atomic mass is 10.8. The third-order valence-corrected chi connectivity index (χ3v) is 26.4. The van der Waals surface area contributed by atoms with Crippen LogP contribution in [0.5, 0.6) is 0 Å². The van der Waals surface area contributed by atoms with Gasteiger partial charge in [0.2, 0.25) is 0 Å². The van der Waals surface area contributed by atoms with E-state index in [-0.39, 0.29) is 0 Å². The van der Waals surface area contributed by atoms with E-state index in [2.05, 4.69) is 68.1 Å². The molecular weight excluding hydrogens is 318 g/mol. The lowest BCUT2D eigenvalue weighted by molar-refractivity contribution is 0.402. The van der Waals surface area contributed by atoms with Crippen molar-refractivity contribution in [1.29, 1.82) is 0 Å². The number of rotatable bonds is 8. The van der Waals surface area contributed by atoms with Gasteiger partial charge in [-0.05, 0) is 49.9 Å². The highest BCUT2D eigenvalue weighted by atomic mass is 28.5. The molecule has 0 aromatic heterocycles. The molecule has 0 atom stereocenters. The number of hydrogen-bond acceptors (Lipinski definition) is 3. The molecule has 22 heavy (non-hydrogen) atoms. The summed E-state index contributed by atoms with van der Waals surface area (Å²) in [5.41, 5.74) is 0. The van der Waals surface area contributed by atoms with Gasteiger partial charge >= 0.3 is 0 Å². The lowest BCUT2D eigenvalue weighted by Gasteiger charge is -2.67. The van der Waals surface area contributed by atoms with E-state index >= 15 is 0 Å². The highest BCUT2D eigenvalue weighted by Crippen LogP contribution is 2.41. The molecule has 3 nitrogen and oxygen atoms in total. The molecular formula is C16H41N3Si3. The van der Waals surface area contributed by atoms with Gasteiger partial charge in [0.25, 0.3) is 0 Å². The van der Waals surface area contributed by atoms with Crippen molar-refractivity contribution in [3.8, 4) is 0 Å². The van der Waals surface area contributed by atoms with Crippen molar-refractivity contribution < 1.29 is 0 Å². The highest BCUT2D eigenvalue weighted by Gasteiger charge is 2.60. The standard InChI is InChI=1S/C16H41N3Si3/c1-9-17-20(12-4)18(10-2)22(15-7,16-8)19(11-3)21(17,13-5)14-6/h20H,9-16H2,1-8H3. The molecule has 0 radical (unpaired) electrons. The van der Waals surface area contributed by atoms with Gasteiger partial charge in [-0.25, -0.2) is 0 Å². The topological polar surface area (TPSA) is 9.72 Å². The third kappa shape index (κ3) is 2.84. The lowest BCUT2D eigenvalue weighted by Crippen LogP contribution is -2.88. The summed E-state index contributed by atoms with van der Waals surface area (Å²) < 4.78 is 9.37. The Balaban J connectivity index is 3.57. The van der Waals surface area contributed by atoms with Gasteiger partial charge in [0.15, 0.2) is 25.9 Å². The maximum absolute atomic E-state index is 3.16. The molecule has 1 heterocycles. The zero-order valence-corrected chi connectivity index (χ0v) is 19.7. The molecule has 1 aliphatic heterocycles. The van der Waals surface area contributed by atoms with Crippen molar-refractivity contribution >= 4 is 25.9 Å². The molecule has 0 aromatic rings. The Hall–Kier alpha value is 0.531. The Morgan fingerprint density at radius 1 is 0.591 bits per heavy atom. The first-order valence-corrected chi connectivity index (χ1v) is 16.3. The molecule has 1 rings (SSSR count). The van der Waals surface area contributed by atoms with E-state index in [1.165, 1.54) is 49.9 Å². The molecule has 0 N–H and O–H groups in total. The number of hydrogen-bond donors (Lipinski definition) is 0. The second kappa shape index (κ2) is 8.58. The molecule has 0 spiro atoms. The van der Waals surface area contributed by atoms with Crippen molar-refractivity contribution in [3.63, 3.8) is 0 Å². The molecule has 0 saturated carbocycles. The minimum absolute atomic E-state index is 0.960. The molecule has 1 fully saturated rings. The van der Waals surface area contributed by atoms with Crippen molar-refractivity contribution in [2.24, 2.45) is 0 Å². The van der Waals surface area contributed by atoms with Crippen LogP contribution in [0.2, 0.25) is 30.2 Å². The van der Waals surface area contributed by atoms with Crippen LogP contribution in [0, 0.1) is 0 Å². The fraction of sp³-hybridized carbons (Fsp3) is 1.00. The molecule has 0 unspecified atom stereocenters. The van der Waals surface area contributed by atoms with Crippen LogP contribution in [-0.4, -0.2) is 58.2 Å². The molecule has 1 aliphatic rings. The second-order valence-corrected chi connectivity index (χ2v) is 20.1. The Morgan fingerprint density at radius 2 is 0.955 bits per heavy atom. The molecule has 0 aromatic carbocycles. The first-order valence-electron chi connectivity index (χ1n) is 9.84. The van der Waals surface area contributed by atoms with Gasteiger partial charge in [-0.2, -0.15) is 0 Å². The average Bonchev–Trinajstić information content (AvgIpc) is 2.58. The summed E-state index contributed by atoms with van der Waals surface area (Å²) in [5, 5.41) is 0. The largest absolute Gasteiger partial charge is 0.324 e. The van der Waals surface area contributed by atoms with E-state index in [4.69, 9.17) is 0 Å². The molecule has 132 valence electrons. The van der Waals surface area contributed by atoms with Gasteiger partial charge in [0.1, 0.15) is 0 Å². The van der Waals surface area contributed by atoms with Crippen LogP contribution in [0.3, 0.4) is 0 Å². The van der Waals surface area contributed by atoms with Gasteiger partial charge in [0.05, 0.1) is 0 Å². The summed E-state index contributed by atoms with van der Waals surface area (Å²) in [6, 6.07) is 7.09. The van der Waals surface area contributed by atoms with E-state index in [9.17, 15) is 0 Å². The SMILES string of the molecule is CCN1[SiH](CC)N(CC)[Si](CC)(CC)N(CC)[Si]1(CC)CC.